The predicted octanol–water partition coefficient (Wildman–Crippen LogP) is 2.20. The molecule has 4 rings (SSSR count). The van der Waals surface area contributed by atoms with Crippen molar-refractivity contribution in [1.29, 1.82) is 0 Å². The maximum Gasteiger partial charge on any atom is 0.269 e. The Labute approximate surface area is 165 Å². The fourth-order valence-electron chi connectivity index (χ4n) is 4.01. The molecule has 2 aromatic rings. The molecule has 7 heteroatoms. The van der Waals surface area contributed by atoms with Crippen molar-refractivity contribution in [2.45, 2.75) is 44.4 Å². The monoisotopic (exact) mass is 381 g/mol. The molecule has 1 N–H and O–H groups in total. The molecule has 1 fully saturated rings. The second-order valence-corrected chi connectivity index (χ2v) is 7.70. The highest BCUT2D eigenvalue weighted by Crippen LogP contribution is 2.34. The number of oxime groups is 1. The Morgan fingerprint density at radius 2 is 2.18 bits per heavy atom. The van der Waals surface area contributed by atoms with E-state index in [1.807, 2.05) is 16.8 Å². The number of rotatable bonds is 7. The van der Waals surface area contributed by atoms with E-state index < -0.39 is 0 Å². The van der Waals surface area contributed by atoms with E-state index in [4.69, 9.17) is 4.84 Å². The second kappa shape index (κ2) is 8.56. The molecule has 0 aliphatic carbocycles. The van der Waals surface area contributed by atoms with E-state index in [-0.39, 0.29) is 11.5 Å². The summed E-state index contributed by atoms with van der Waals surface area (Å²) in [5.41, 5.74) is 1.47. The van der Waals surface area contributed by atoms with Gasteiger partial charge in [-0.1, -0.05) is 35.5 Å². The van der Waals surface area contributed by atoms with Gasteiger partial charge in [-0.25, -0.2) is 4.98 Å². The molecule has 1 aromatic carbocycles. The summed E-state index contributed by atoms with van der Waals surface area (Å²) in [6.07, 6.45) is 8.91. The summed E-state index contributed by atoms with van der Waals surface area (Å²) >= 11 is 0. The SMILES string of the molecule is O=C(NCCCn1ccnc1)C1=NOC2(CCCN(Cc3ccccc3)C2)C1. The summed E-state index contributed by atoms with van der Waals surface area (Å²) in [4.78, 5) is 24.7. The topological polar surface area (TPSA) is 71.8 Å². The minimum Gasteiger partial charge on any atom is -0.387 e. The molecule has 1 aromatic heterocycles. The first-order chi connectivity index (χ1) is 13.7. The zero-order chi connectivity index (χ0) is 19.2. The van der Waals surface area contributed by atoms with Gasteiger partial charge in [-0.2, -0.15) is 0 Å². The van der Waals surface area contributed by atoms with Gasteiger partial charge in [0.25, 0.3) is 5.91 Å². The number of nitrogens with one attached hydrogen (secondary N) is 1. The molecular formula is C21H27N5O2. The molecule has 1 saturated heterocycles. The van der Waals surface area contributed by atoms with E-state index in [2.05, 4.69) is 44.6 Å². The van der Waals surface area contributed by atoms with Crippen molar-refractivity contribution < 1.29 is 9.63 Å². The highest BCUT2D eigenvalue weighted by atomic mass is 16.7. The number of likely N-dealkylation sites (tertiary alicyclic amines) is 1. The van der Waals surface area contributed by atoms with Crippen LogP contribution in [-0.2, 0) is 22.7 Å². The van der Waals surface area contributed by atoms with E-state index in [0.717, 1.165) is 45.4 Å². The van der Waals surface area contributed by atoms with Crippen molar-refractivity contribution in [1.82, 2.24) is 19.8 Å². The standard InChI is InChI=1S/C21H27N5O2/c27-20(23-9-5-12-25-13-10-22-17-25)19-14-21(28-24-19)8-4-11-26(16-21)15-18-6-2-1-3-7-18/h1-3,6-7,10,13,17H,4-5,8-9,11-12,14-16H2,(H,23,27). The fourth-order valence-corrected chi connectivity index (χ4v) is 4.01. The lowest BCUT2D eigenvalue weighted by atomic mass is 9.88. The highest BCUT2D eigenvalue weighted by molar-refractivity contribution is 6.39. The molecule has 1 amide bonds. The highest BCUT2D eigenvalue weighted by Gasteiger charge is 2.44. The number of hydrogen-bond acceptors (Lipinski definition) is 5. The molecule has 1 spiro atoms. The number of nitrogens with zero attached hydrogens (tertiary/aromatic N) is 4. The Morgan fingerprint density at radius 3 is 3.00 bits per heavy atom. The molecule has 0 saturated carbocycles. The van der Waals surface area contributed by atoms with Crippen LogP contribution in [0.3, 0.4) is 0 Å². The zero-order valence-corrected chi connectivity index (χ0v) is 16.1. The van der Waals surface area contributed by atoms with Crippen molar-refractivity contribution in [3.05, 3.63) is 54.6 Å². The average Bonchev–Trinajstić information content (AvgIpc) is 3.37. The number of carbonyl (C=O) groups excluding carboxylic acids is 1. The van der Waals surface area contributed by atoms with Crippen LogP contribution in [0.25, 0.3) is 0 Å². The largest absolute Gasteiger partial charge is 0.387 e. The van der Waals surface area contributed by atoms with Crippen LogP contribution in [0.15, 0.2) is 54.2 Å². The lowest BCUT2D eigenvalue weighted by Crippen LogP contribution is -2.48. The van der Waals surface area contributed by atoms with E-state index in [0.29, 0.717) is 18.7 Å². The van der Waals surface area contributed by atoms with Gasteiger partial charge in [0.15, 0.2) is 5.60 Å². The van der Waals surface area contributed by atoms with Crippen LogP contribution in [0.1, 0.15) is 31.2 Å². The minimum absolute atomic E-state index is 0.109. The second-order valence-electron chi connectivity index (χ2n) is 7.70. The number of benzene rings is 1. The average molecular weight is 381 g/mol. The van der Waals surface area contributed by atoms with E-state index in [1.165, 1.54) is 5.56 Å². The van der Waals surface area contributed by atoms with Gasteiger partial charge in [0.2, 0.25) is 0 Å². The van der Waals surface area contributed by atoms with Crippen molar-refractivity contribution in [3.63, 3.8) is 0 Å². The lowest BCUT2D eigenvalue weighted by Gasteiger charge is -2.38. The normalized spacial score (nSPS) is 22.1. The number of aryl methyl sites for hydroxylation is 1. The molecule has 0 radical (unpaired) electrons. The fraction of sp³-hybridized carbons (Fsp3) is 0.476. The Kier molecular flexibility index (Phi) is 5.71. The van der Waals surface area contributed by atoms with Crippen LogP contribution in [0.4, 0.5) is 0 Å². The molecular weight excluding hydrogens is 354 g/mol. The van der Waals surface area contributed by atoms with Gasteiger partial charge in [0.05, 0.1) is 6.33 Å². The third-order valence-electron chi connectivity index (χ3n) is 5.41. The molecule has 3 heterocycles. The molecule has 2 aliphatic rings. The number of carbonyl (C=O) groups is 1. The van der Waals surface area contributed by atoms with Gasteiger partial charge in [-0.05, 0) is 31.4 Å². The van der Waals surface area contributed by atoms with Crippen molar-refractivity contribution >= 4 is 11.6 Å². The smallest absolute Gasteiger partial charge is 0.269 e. The van der Waals surface area contributed by atoms with E-state index in [1.54, 1.807) is 12.5 Å². The predicted molar refractivity (Wildman–Crippen MR) is 107 cm³/mol. The Morgan fingerprint density at radius 1 is 1.29 bits per heavy atom. The maximum atomic E-state index is 12.5. The summed E-state index contributed by atoms with van der Waals surface area (Å²) in [7, 11) is 0. The Bertz CT molecular complexity index is 805. The number of piperidine rings is 1. The number of imidazole rings is 1. The van der Waals surface area contributed by atoms with E-state index >= 15 is 0 Å². The van der Waals surface area contributed by atoms with E-state index in [9.17, 15) is 4.79 Å². The van der Waals surface area contributed by atoms with Gasteiger partial charge in [0, 0.05) is 45.0 Å². The third kappa shape index (κ3) is 4.59. The summed E-state index contributed by atoms with van der Waals surface area (Å²) in [6, 6.07) is 10.5. The van der Waals surface area contributed by atoms with Crippen LogP contribution in [0.5, 0.6) is 0 Å². The molecule has 148 valence electrons. The molecule has 2 aliphatic heterocycles. The Hall–Kier alpha value is -2.67. The lowest BCUT2D eigenvalue weighted by molar-refractivity contribution is -0.114. The number of amides is 1. The van der Waals surface area contributed by atoms with Gasteiger partial charge >= 0.3 is 0 Å². The van der Waals surface area contributed by atoms with Gasteiger partial charge in [0.1, 0.15) is 5.71 Å². The summed E-state index contributed by atoms with van der Waals surface area (Å²) in [6.45, 7) is 4.21. The van der Waals surface area contributed by atoms with Crippen LogP contribution < -0.4 is 5.32 Å². The first kappa shape index (κ1) is 18.7. The third-order valence-corrected chi connectivity index (χ3v) is 5.41. The van der Waals surface area contributed by atoms with Gasteiger partial charge < -0.3 is 14.7 Å². The van der Waals surface area contributed by atoms with Gasteiger partial charge in [-0.15, -0.1) is 0 Å². The number of aromatic nitrogens is 2. The first-order valence-electron chi connectivity index (χ1n) is 9.98. The molecule has 0 bridgehead atoms. The van der Waals surface area contributed by atoms with Crippen LogP contribution >= 0.6 is 0 Å². The van der Waals surface area contributed by atoms with Crippen molar-refractivity contribution in [2.75, 3.05) is 19.6 Å². The van der Waals surface area contributed by atoms with Crippen LogP contribution in [-0.4, -0.2) is 51.3 Å². The van der Waals surface area contributed by atoms with Crippen LogP contribution in [0.2, 0.25) is 0 Å². The number of hydrogen-bond donors (Lipinski definition) is 1. The summed E-state index contributed by atoms with van der Waals surface area (Å²) in [5.74, 6) is -0.109. The minimum atomic E-state index is -0.351. The molecule has 28 heavy (non-hydrogen) atoms. The maximum absolute atomic E-state index is 12.5. The quantitative estimate of drug-likeness (QED) is 0.747. The van der Waals surface area contributed by atoms with Gasteiger partial charge in [-0.3, -0.25) is 9.69 Å². The summed E-state index contributed by atoms with van der Waals surface area (Å²) < 4.78 is 2.00. The van der Waals surface area contributed by atoms with Crippen LogP contribution in [0, 0.1) is 0 Å². The Balaban J connectivity index is 1.24. The first-order valence-corrected chi connectivity index (χ1v) is 9.98. The zero-order valence-electron chi connectivity index (χ0n) is 16.1. The molecule has 7 nitrogen and oxygen atoms in total. The summed E-state index contributed by atoms with van der Waals surface area (Å²) in [5, 5.41) is 7.11. The van der Waals surface area contributed by atoms with Crippen molar-refractivity contribution in [2.24, 2.45) is 5.16 Å². The van der Waals surface area contributed by atoms with Crippen molar-refractivity contribution in [3.8, 4) is 0 Å². The molecule has 1 atom stereocenters. The molecule has 1 unspecified atom stereocenters.